The molecule has 0 bridgehead atoms. The molecule has 18 heavy (non-hydrogen) atoms. The number of halogens is 2. The van der Waals surface area contributed by atoms with E-state index in [1.807, 2.05) is 12.1 Å². The molecular weight excluding hydrogens is 289 g/mol. The van der Waals surface area contributed by atoms with Crippen LogP contribution in [-0.4, -0.2) is 22.3 Å². The summed E-state index contributed by atoms with van der Waals surface area (Å²) in [6.07, 6.45) is 2.61. The van der Waals surface area contributed by atoms with Crippen LogP contribution in [0.3, 0.4) is 0 Å². The summed E-state index contributed by atoms with van der Waals surface area (Å²) < 4.78 is 11.0. The second kappa shape index (κ2) is 7.49. The summed E-state index contributed by atoms with van der Waals surface area (Å²) >= 11 is 12.2. The Kier molecular flexibility index (Phi) is 6.64. The fourth-order valence-electron chi connectivity index (χ4n) is 1.80. The molecule has 0 saturated carbocycles. The van der Waals surface area contributed by atoms with Crippen molar-refractivity contribution < 1.29 is 4.21 Å². The predicted molar refractivity (Wildman–Crippen MR) is 81.0 cm³/mol. The molecule has 0 aliphatic rings. The first-order valence-corrected chi connectivity index (χ1v) is 8.40. The standard InChI is InChI=1S/C13H19Cl2NOS/c1-9(7-8-18(3)17)16-10(2)11-5-4-6-12(14)13(11)15/h4-6,9-10,16H,7-8H2,1-3H3. The maximum Gasteiger partial charge on any atom is 0.0639 e. The molecule has 1 aromatic carbocycles. The van der Waals surface area contributed by atoms with E-state index in [0.29, 0.717) is 21.8 Å². The number of rotatable bonds is 6. The molecule has 0 heterocycles. The van der Waals surface area contributed by atoms with E-state index in [-0.39, 0.29) is 6.04 Å². The highest BCUT2D eigenvalue weighted by Gasteiger charge is 2.14. The van der Waals surface area contributed by atoms with Gasteiger partial charge in [-0.25, -0.2) is 0 Å². The van der Waals surface area contributed by atoms with Gasteiger partial charge in [-0.15, -0.1) is 0 Å². The van der Waals surface area contributed by atoms with Crippen molar-refractivity contribution in [1.82, 2.24) is 5.32 Å². The molecule has 0 aromatic heterocycles. The van der Waals surface area contributed by atoms with Crippen molar-refractivity contribution in [3.63, 3.8) is 0 Å². The molecule has 102 valence electrons. The summed E-state index contributed by atoms with van der Waals surface area (Å²) in [6, 6.07) is 6.06. The highest BCUT2D eigenvalue weighted by Crippen LogP contribution is 2.29. The van der Waals surface area contributed by atoms with Crippen molar-refractivity contribution in [3.8, 4) is 0 Å². The normalized spacial score (nSPS) is 16.3. The lowest BCUT2D eigenvalue weighted by Crippen LogP contribution is -2.30. The topological polar surface area (TPSA) is 29.1 Å². The van der Waals surface area contributed by atoms with E-state index in [1.165, 1.54) is 0 Å². The fourth-order valence-corrected chi connectivity index (χ4v) is 2.95. The largest absolute Gasteiger partial charge is 0.308 e. The van der Waals surface area contributed by atoms with Crippen LogP contribution < -0.4 is 5.32 Å². The lowest BCUT2D eigenvalue weighted by molar-refractivity contribution is 0.470. The average Bonchev–Trinajstić information content (AvgIpc) is 2.30. The van der Waals surface area contributed by atoms with E-state index in [1.54, 1.807) is 12.3 Å². The molecule has 5 heteroatoms. The van der Waals surface area contributed by atoms with Gasteiger partial charge in [-0.1, -0.05) is 35.3 Å². The first-order valence-electron chi connectivity index (χ1n) is 5.91. The van der Waals surface area contributed by atoms with Crippen molar-refractivity contribution >= 4 is 34.0 Å². The van der Waals surface area contributed by atoms with Crippen LogP contribution in [0.15, 0.2) is 18.2 Å². The molecule has 0 aliphatic carbocycles. The Morgan fingerprint density at radius 1 is 1.33 bits per heavy atom. The van der Waals surface area contributed by atoms with Crippen LogP contribution in [0.1, 0.15) is 31.9 Å². The highest BCUT2D eigenvalue weighted by atomic mass is 35.5. The molecule has 0 saturated heterocycles. The maximum absolute atomic E-state index is 11.0. The van der Waals surface area contributed by atoms with Crippen LogP contribution in [0.2, 0.25) is 10.0 Å². The predicted octanol–water partition coefficient (Wildman–Crippen LogP) is 3.80. The third kappa shape index (κ3) is 4.88. The molecule has 0 fully saturated rings. The van der Waals surface area contributed by atoms with Crippen LogP contribution in [0.4, 0.5) is 0 Å². The second-order valence-electron chi connectivity index (χ2n) is 4.50. The number of hydrogen-bond donors (Lipinski definition) is 1. The summed E-state index contributed by atoms with van der Waals surface area (Å²) in [5, 5.41) is 4.62. The lowest BCUT2D eigenvalue weighted by atomic mass is 10.1. The summed E-state index contributed by atoms with van der Waals surface area (Å²) in [6.45, 7) is 4.14. The minimum atomic E-state index is -0.741. The SMILES string of the molecule is CC(CCS(C)=O)NC(C)c1cccc(Cl)c1Cl. The summed E-state index contributed by atoms with van der Waals surface area (Å²) in [4.78, 5) is 0. The van der Waals surface area contributed by atoms with Gasteiger partial charge in [0.05, 0.1) is 10.0 Å². The number of nitrogens with one attached hydrogen (secondary N) is 1. The van der Waals surface area contributed by atoms with Gasteiger partial charge in [0.15, 0.2) is 0 Å². The molecule has 3 unspecified atom stereocenters. The summed E-state index contributed by atoms with van der Waals surface area (Å²) in [5.74, 6) is 0.712. The zero-order valence-corrected chi connectivity index (χ0v) is 13.2. The Morgan fingerprint density at radius 2 is 2.00 bits per heavy atom. The van der Waals surface area contributed by atoms with Gasteiger partial charge < -0.3 is 5.32 Å². The van der Waals surface area contributed by atoms with Crippen molar-refractivity contribution in [2.45, 2.75) is 32.4 Å². The number of benzene rings is 1. The molecule has 0 aliphatic heterocycles. The second-order valence-corrected chi connectivity index (χ2v) is 6.84. The van der Waals surface area contributed by atoms with E-state index in [4.69, 9.17) is 23.2 Å². The van der Waals surface area contributed by atoms with Crippen LogP contribution in [0.25, 0.3) is 0 Å². The zero-order chi connectivity index (χ0) is 13.7. The van der Waals surface area contributed by atoms with Gasteiger partial charge in [0.1, 0.15) is 0 Å². The molecule has 0 amide bonds. The Hall–Kier alpha value is -0.0900. The summed E-state index contributed by atoms with van der Waals surface area (Å²) in [5.41, 5.74) is 0.994. The molecule has 1 N–H and O–H groups in total. The molecule has 1 aromatic rings. The molecule has 1 rings (SSSR count). The monoisotopic (exact) mass is 307 g/mol. The minimum absolute atomic E-state index is 0.122. The molecule has 2 nitrogen and oxygen atoms in total. The Bertz CT molecular complexity index is 425. The van der Waals surface area contributed by atoms with Gasteiger partial charge in [-0.05, 0) is 31.9 Å². The Labute approximate surface area is 122 Å². The van der Waals surface area contributed by atoms with Gasteiger partial charge in [-0.2, -0.15) is 0 Å². The first-order chi connectivity index (χ1) is 8.41. The molecule has 0 spiro atoms. The lowest BCUT2D eigenvalue weighted by Gasteiger charge is -2.21. The Balaban J connectivity index is 2.62. The third-order valence-corrected chi connectivity index (χ3v) is 4.46. The van der Waals surface area contributed by atoms with Crippen LogP contribution in [0, 0.1) is 0 Å². The van der Waals surface area contributed by atoms with E-state index in [2.05, 4.69) is 19.2 Å². The van der Waals surface area contributed by atoms with Crippen LogP contribution in [-0.2, 0) is 10.8 Å². The highest BCUT2D eigenvalue weighted by molar-refractivity contribution is 7.84. The van der Waals surface area contributed by atoms with Crippen molar-refractivity contribution in [3.05, 3.63) is 33.8 Å². The molecule has 0 radical (unpaired) electrons. The average molecular weight is 308 g/mol. The van der Waals surface area contributed by atoms with E-state index in [0.717, 1.165) is 12.0 Å². The maximum atomic E-state index is 11.0. The van der Waals surface area contributed by atoms with Gasteiger partial charge in [-0.3, -0.25) is 4.21 Å². The van der Waals surface area contributed by atoms with E-state index >= 15 is 0 Å². The van der Waals surface area contributed by atoms with Gasteiger partial charge in [0.25, 0.3) is 0 Å². The zero-order valence-electron chi connectivity index (χ0n) is 10.9. The number of hydrogen-bond acceptors (Lipinski definition) is 2. The first kappa shape index (κ1) is 16.0. The fraction of sp³-hybridized carbons (Fsp3) is 0.538. The van der Waals surface area contributed by atoms with Crippen molar-refractivity contribution in [1.29, 1.82) is 0 Å². The minimum Gasteiger partial charge on any atom is -0.308 e. The molecular formula is C13H19Cl2NOS. The van der Waals surface area contributed by atoms with Crippen molar-refractivity contribution in [2.75, 3.05) is 12.0 Å². The Morgan fingerprint density at radius 3 is 2.61 bits per heavy atom. The third-order valence-electron chi connectivity index (χ3n) is 2.82. The quantitative estimate of drug-likeness (QED) is 0.866. The summed E-state index contributed by atoms with van der Waals surface area (Å²) in [7, 11) is -0.741. The van der Waals surface area contributed by atoms with E-state index < -0.39 is 10.8 Å². The van der Waals surface area contributed by atoms with Crippen LogP contribution in [0.5, 0.6) is 0 Å². The van der Waals surface area contributed by atoms with Crippen LogP contribution >= 0.6 is 23.2 Å². The van der Waals surface area contributed by atoms with Gasteiger partial charge >= 0.3 is 0 Å². The van der Waals surface area contributed by atoms with Gasteiger partial charge in [0.2, 0.25) is 0 Å². The van der Waals surface area contributed by atoms with Crippen molar-refractivity contribution in [2.24, 2.45) is 0 Å². The van der Waals surface area contributed by atoms with E-state index in [9.17, 15) is 4.21 Å². The molecule has 3 atom stereocenters. The van der Waals surface area contributed by atoms with Gasteiger partial charge in [0, 0.05) is 34.9 Å². The smallest absolute Gasteiger partial charge is 0.0639 e.